The zero-order valence-corrected chi connectivity index (χ0v) is 12.9. The molecule has 1 amide bonds. The van der Waals surface area contributed by atoms with Gasteiger partial charge in [0.1, 0.15) is 5.69 Å². The molecule has 0 aliphatic carbocycles. The van der Waals surface area contributed by atoms with E-state index in [2.05, 4.69) is 15.0 Å². The standard InChI is InChI=1S/C15H23N3O3/c1-18(2)15(20)13-11-12(8-10-17-13)16-9-6-4-5-7-14(19)21-3/h8,10-11H,4-7,9H2,1-3H3,(H,16,17). The molecule has 6 heteroatoms. The molecule has 1 N–H and O–H groups in total. The summed E-state index contributed by atoms with van der Waals surface area (Å²) < 4.78 is 4.58. The van der Waals surface area contributed by atoms with E-state index in [1.54, 1.807) is 26.4 Å². The Balaban J connectivity index is 2.31. The average Bonchev–Trinajstić information content (AvgIpc) is 2.49. The Kier molecular flexibility index (Phi) is 7.21. The van der Waals surface area contributed by atoms with Crippen LogP contribution in [-0.2, 0) is 9.53 Å². The second-order valence-corrected chi connectivity index (χ2v) is 4.94. The molecule has 0 unspecified atom stereocenters. The van der Waals surface area contributed by atoms with Gasteiger partial charge in [-0.3, -0.25) is 14.6 Å². The summed E-state index contributed by atoms with van der Waals surface area (Å²) in [6.07, 6.45) is 4.82. The van der Waals surface area contributed by atoms with Gasteiger partial charge in [0.05, 0.1) is 7.11 Å². The second-order valence-electron chi connectivity index (χ2n) is 4.94. The van der Waals surface area contributed by atoms with E-state index in [1.165, 1.54) is 12.0 Å². The van der Waals surface area contributed by atoms with E-state index in [4.69, 9.17) is 0 Å². The van der Waals surface area contributed by atoms with E-state index in [-0.39, 0.29) is 11.9 Å². The smallest absolute Gasteiger partial charge is 0.305 e. The van der Waals surface area contributed by atoms with Crippen LogP contribution in [-0.4, -0.2) is 49.5 Å². The number of ether oxygens (including phenoxy) is 1. The van der Waals surface area contributed by atoms with E-state index >= 15 is 0 Å². The summed E-state index contributed by atoms with van der Waals surface area (Å²) in [6, 6.07) is 3.58. The maximum absolute atomic E-state index is 11.8. The Morgan fingerprint density at radius 2 is 2.05 bits per heavy atom. The van der Waals surface area contributed by atoms with Crippen LogP contribution >= 0.6 is 0 Å². The zero-order chi connectivity index (χ0) is 15.7. The number of carbonyl (C=O) groups is 2. The lowest BCUT2D eigenvalue weighted by Gasteiger charge is -2.11. The van der Waals surface area contributed by atoms with Crippen LogP contribution in [0.15, 0.2) is 18.3 Å². The number of amides is 1. The molecule has 0 atom stereocenters. The van der Waals surface area contributed by atoms with E-state index in [0.717, 1.165) is 31.5 Å². The molecule has 116 valence electrons. The first kappa shape index (κ1) is 16.9. The first-order valence-electron chi connectivity index (χ1n) is 7.03. The molecule has 6 nitrogen and oxygen atoms in total. The lowest BCUT2D eigenvalue weighted by molar-refractivity contribution is -0.140. The van der Waals surface area contributed by atoms with Gasteiger partial charge in [0, 0.05) is 38.9 Å². The summed E-state index contributed by atoms with van der Waals surface area (Å²) in [5, 5.41) is 3.25. The molecule has 21 heavy (non-hydrogen) atoms. The van der Waals surface area contributed by atoms with Gasteiger partial charge in [-0.2, -0.15) is 0 Å². The van der Waals surface area contributed by atoms with E-state index in [9.17, 15) is 9.59 Å². The maximum atomic E-state index is 11.8. The molecule has 0 saturated heterocycles. The van der Waals surface area contributed by atoms with Crippen molar-refractivity contribution in [1.82, 2.24) is 9.88 Å². The SMILES string of the molecule is COC(=O)CCCCCNc1ccnc(C(=O)N(C)C)c1. The van der Waals surface area contributed by atoms with Crippen LogP contribution in [0.1, 0.15) is 36.2 Å². The average molecular weight is 293 g/mol. The van der Waals surface area contributed by atoms with E-state index in [1.807, 2.05) is 6.07 Å². The minimum Gasteiger partial charge on any atom is -0.469 e. The number of rotatable bonds is 8. The first-order valence-corrected chi connectivity index (χ1v) is 7.03. The van der Waals surface area contributed by atoms with Crippen molar-refractivity contribution in [3.05, 3.63) is 24.0 Å². The number of aromatic nitrogens is 1. The highest BCUT2D eigenvalue weighted by Gasteiger charge is 2.09. The predicted molar refractivity (Wildman–Crippen MR) is 81.2 cm³/mol. The highest BCUT2D eigenvalue weighted by atomic mass is 16.5. The van der Waals surface area contributed by atoms with Crippen molar-refractivity contribution in [2.24, 2.45) is 0 Å². The highest BCUT2D eigenvalue weighted by Crippen LogP contribution is 2.10. The molecule has 0 bridgehead atoms. The Morgan fingerprint density at radius 3 is 2.71 bits per heavy atom. The number of unbranched alkanes of at least 4 members (excludes halogenated alkanes) is 2. The van der Waals surface area contributed by atoms with Crippen molar-refractivity contribution in [2.45, 2.75) is 25.7 Å². The molecule has 1 rings (SSSR count). The Hall–Kier alpha value is -2.11. The van der Waals surface area contributed by atoms with Gasteiger partial charge in [-0.1, -0.05) is 6.42 Å². The Morgan fingerprint density at radius 1 is 1.29 bits per heavy atom. The fraction of sp³-hybridized carbons (Fsp3) is 0.533. The molecule has 0 saturated carbocycles. The quantitative estimate of drug-likeness (QED) is 0.586. The van der Waals surface area contributed by atoms with Crippen LogP contribution in [0.5, 0.6) is 0 Å². The van der Waals surface area contributed by atoms with Gasteiger partial charge >= 0.3 is 5.97 Å². The third kappa shape index (κ3) is 6.25. The largest absolute Gasteiger partial charge is 0.469 e. The van der Waals surface area contributed by atoms with Crippen molar-refractivity contribution in [3.63, 3.8) is 0 Å². The van der Waals surface area contributed by atoms with Crippen LogP contribution in [0, 0.1) is 0 Å². The number of nitrogens with one attached hydrogen (secondary N) is 1. The summed E-state index contributed by atoms with van der Waals surface area (Å²) in [5.41, 5.74) is 1.30. The van der Waals surface area contributed by atoms with Crippen molar-refractivity contribution in [2.75, 3.05) is 33.1 Å². The van der Waals surface area contributed by atoms with Crippen molar-refractivity contribution in [1.29, 1.82) is 0 Å². The molecule has 0 radical (unpaired) electrons. The first-order chi connectivity index (χ1) is 10.0. The fourth-order valence-electron chi connectivity index (χ4n) is 1.79. The normalized spacial score (nSPS) is 10.0. The minimum absolute atomic E-state index is 0.114. The van der Waals surface area contributed by atoms with Gasteiger partial charge in [0.2, 0.25) is 0 Å². The third-order valence-electron chi connectivity index (χ3n) is 3.00. The Labute approximate surface area is 125 Å². The Bertz CT molecular complexity index is 475. The number of carbonyl (C=O) groups excluding carboxylic acids is 2. The number of anilines is 1. The summed E-state index contributed by atoms with van der Waals surface area (Å²) in [4.78, 5) is 28.3. The monoisotopic (exact) mass is 293 g/mol. The number of hydrogen-bond acceptors (Lipinski definition) is 5. The molecule has 1 aromatic rings. The minimum atomic E-state index is -0.163. The predicted octanol–water partition coefficient (Wildman–Crippen LogP) is 1.93. The van der Waals surface area contributed by atoms with E-state index in [0.29, 0.717) is 12.1 Å². The van der Waals surface area contributed by atoms with Gasteiger partial charge in [-0.15, -0.1) is 0 Å². The second kappa shape index (κ2) is 8.94. The van der Waals surface area contributed by atoms with Gasteiger partial charge in [0.15, 0.2) is 0 Å². The van der Waals surface area contributed by atoms with Gasteiger partial charge in [0.25, 0.3) is 5.91 Å². The van der Waals surface area contributed by atoms with Gasteiger partial charge in [-0.25, -0.2) is 0 Å². The third-order valence-corrected chi connectivity index (χ3v) is 3.00. The highest BCUT2D eigenvalue weighted by molar-refractivity contribution is 5.92. The fourth-order valence-corrected chi connectivity index (χ4v) is 1.79. The van der Waals surface area contributed by atoms with Crippen LogP contribution in [0.2, 0.25) is 0 Å². The topological polar surface area (TPSA) is 71.5 Å². The van der Waals surface area contributed by atoms with Crippen molar-refractivity contribution >= 4 is 17.6 Å². The zero-order valence-electron chi connectivity index (χ0n) is 12.9. The summed E-state index contributed by atoms with van der Waals surface area (Å²) in [7, 11) is 4.80. The molecule has 0 aliphatic heterocycles. The lowest BCUT2D eigenvalue weighted by atomic mass is 10.2. The molecule has 0 fully saturated rings. The number of hydrogen-bond donors (Lipinski definition) is 1. The summed E-state index contributed by atoms with van der Waals surface area (Å²) in [5.74, 6) is -0.277. The summed E-state index contributed by atoms with van der Waals surface area (Å²) in [6.45, 7) is 0.792. The van der Waals surface area contributed by atoms with Gasteiger partial charge in [-0.05, 0) is 25.0 Å². The lowest BCUT2D eigenvalue weighted by Crippen LogP contribution is -2.22. The molecule has 0 spiro atoms. The summed E-state index contributed by atoms with van der Waals surface area (Å²) >= 11 is 0. The maximum Gasteiger partial charge on any atom is 0.305 e. The number of esters is 1. The molecule has 0 aliphatic rings. The molecule has 1 heterocycles. The van der Waals surface area contributed by atoms with Gasteiger partial charge < -0.3 is 15.0 Å². The van der Waals surface area contributed by atoms with Crippen LogP contribution in [0.3, 0.4) is 0 Å². The number of methoxy groups -OCH3 is 1. The van der Waals surface area contributed by atoms with Crippen LogP contribution in [0.4, 0.5) is 5.69 Å². The molecule has 1 aromatic heterocycles. The van der Waals surface area contributed by atoms with Crippen molar-refractivity contribution in [3.8, 4) is 0 Å². The van der Waals surface area contributed by atoms with Crippen LogP contribution < -0.4 is 5.32 Å². The molecule has 0 aromatic carbocycles. The van der Waals surface area contributed by atoms with Crippen LogP contribution in [0.25, 0.3) is 0 Å². The number of nitrogens with zero attached hydrogens (tertiary/aromatic N) is 2. The van der Waals surface area contributed by atoms with E-state index < -0.39 is 0 Å². The number of pyridine rings is 1. The molecular formula is C15H23N3O3. The van der Waals surface area contributed by atoms with Crippen molar-refractivity contribution < 1.29 is 14.3 Å². The molecular weight excluding hydrogens is 270 g/mol.